The Hall–Kier alpha value is -1.13. The first-order valence-electron chi connectivity index (χ1n) is 6.14. The minimum atomic E-state index is 0.180. The van der Waals surface area contributed by atoms with E-state index in [2.05, 4.69) is 21.5 Å². The maximum Gasteiger partial charge on any atom is 0.160 e. The van der Waals surface area contributed by atoms with Crippen LogP contribution < -0.4 is 0 Å². The van der Waals surface area contributed by atoms with Crippen LogP contribution in [0, 0.1) is 6.92 Å². The van der Waals surface area contributed by atoms with Gasteiger partial charge in [-0.1, -0.05) is 0 Å². The third kappa shape index (κ3) is 2.49. The lowest BCUT2D eigenvalue weighted by Gasteiger charge is -2.16. The Balaban J connectivity index is 2.46. The first-order valence-corrected chi connectivity index (χ1v) is 6.68. The summed E-state index contributed by atoms with van der Waals surface area (Å²) in [6.45, 7) is 7.44. The first kappa shape index (κ1) is 13.3. The van der Waals surface area contributed by atoms with Crippen molar-refractivity contribution in [3.05, 3.63) is 23.7 Å². The number of aromatic nitrogens is 3. The molecule has 1 unspecified atom stereocenters. The molecule has 2 aromatic heterocycles. The molecule has 0 aliphatic carbocycles. The molecule has 0 radical (unpaired) electrons. The lowest BCUT2D eigenvalue weighted by molar-refractivity contribution is 0.119. The quantitative estimate of drug-likeness (QED) is 0.782. The third-order valence-electron chi connectivity index (χ3n) is 2.86. The van der Waals surface area contributed by atoms with E-state index in [-0.39, 0.29) is 6.04 Å². The Labute approximate surface area is 112 Å². The van der Waals surface area contributed by atoms with E-state index in [4.69, 9.17) is 16.3 Å². The van der Waals surface area contributed by atoms with Gasteiger partial charge < -0.3 is 9.30 Å². The second kappa shape index (κ2) is 5.67. The summed E-state index contributed by atoms with van der Waals surface area (Å²) in [4.78, 5) is 9.00. The molecule has 98 valence electrons. The largest absolute Gasteiger partial charge is 0.380 e. The lowest BCUT2D eigenvalue weighted by atomic mass is 10.3. The number of aryl methyl sites for hydroxylation is 1. The molecule has 18 heavy (non-hydrogen) atoms. The zero-order valence-corrected chi connectivity index (χ0v) is 11.7. The van der Waals surface area contributed by atoms with E-state index in [1.165, 1.54) is 0 Å². The normalized spacial score (nSPS) is 13.1. The van der Waals surface area contributed by atoms with Crippen LogP contribution in [0.2, 0.25) is 0 Å². The van der Waals surface area contributed by atoms with E-state index in [0.29, 0.717) is 19.1 Å². The van der Waals surface area contributed by atoms with Crippen molar-refractivity contribution >= 4 is 22.8 Å². The van der Waals surface area contributed by atoms with Crippen LogP contribution in [0.5, 0.6) is 0 Å². The SMILES string of the molecule is CCOCC(C)n1c(CCl)nc2cc(C)cnc21. The summed E-state index contributed by atoms with van der Waals surface area (Å²) in [5.74, 6) is 1.23. The molecule has 2 heterocycles. The average Bonchev–Trinajstić information content (AvgIpc) is 2.73. The number of halogens is 1. The van der Waals surface area contributed by atoms with Gasteiger partial charge in [-0.2, -0.15) is 0 Å². The maximum atomic E-state index is 5.97. The van der Waals surface area contributed by atoms with Crippen molar-refractivity contribution in [3.63, 3.8) is 0 Å². The highest BCUT2D eigenvalue weighted by Crippen LogP contribution is 2.21. The number of hydrogen-bond acceptors (Lipinski definition) is 3. The second-order valence-corrected chi connectivity index (χ2v) is 4.66. The van der Waals surface area contributed by atoms with Crippen LogP contribution in [0.15, 0.2) is 12.3 Å². The van der Waals surface area contributed by atoms with Crippen molar-refractivity contribution in [3.8, 4) is 0 Å². The monoisotopic (exact) mass is 267 g/mol. The van der Waals surface area contributed by atoms with Crippen LogP contribution in [0.4, 0.5) is 0 Å². The Morgan fingerprint density at radius 3 is 2.94 bits per heavy atom. The fourth-order valence-corrected chi connectivity index (χ4v) is 2.24. The van der Waals surface area contributed by atoms with E-state index in [1.54, 1.807) is 0 Å². The van der Waals surface area contributed by atoms with Gasteiger partial charge in [-0.25, -0.2) is 9.97 Å². The smallest absolute Gasteiger partial charge is 0.160 e. The number of rotatable bonds is 5. The van der Waals surface area contributed by atoms with Crippen LogP contribution in [-0.4, -0.2) is 27.7 Å². The topological polar surface area (TPSA) is 39.9 Å². The zero-order chi connectivity index (χ0) is 13.1. The van der Waals surface area contributed by atoms with E-state index < -0.39 is 0 Å². The third-order valence-corrected chi connectivity index (χ3v) is 3.10. The van der Waals surface area contributed by atoms with Gasteiger partial charge in [0.05, 0.1) is 18.5 Å². The van der Waals surface area contributed by atoms with E-state index >= 15 is 0 Å². The van der Waals surface area contributed by atoms with Crippen LogP contribution in [-0.2, 0) is 10.6 Å². The minimum absolute atomic E-state index is 0.180. The molecule has 2 aromatic rings. The summed E-state index contributed by atoms with van der Waals surface area (Å²) in [6.07, 6.45) is 1.85. The van der Waals surface area contributed by atoms with Gasteiger partial charge in [-0.05, 0) is 32.4 Å². The predicted octanol–water partition coefficient (Wildman–Crippen LogP) is 3.08. The number of fused-ring (bicyclic) bond motifs is 1. The molecule has 0 spiro atoms. The van der Waals surface area contributed by atoms with Crippen LogP contribution in [0.3, 0.4) is 0 Å². The number of imidazole rings is 1. The van der Waals surface area contributed by atoms with Crippen LogP contribution >= 0.6 is 11.6 Å². The summed E-state index contributed by atoms with van der Waals surface area (Å²) in [5.41, 5.74) is 2.88. The van der Waals surface area contributed by atoms with E-state index in [9.17, 15) is 0 Å². The van der Waals surface area contributed by atoms with Gasteiger partial charge in [0, 0.05) is 12.8 Å². The van der Waals surface area contributed by atoms with Crippen molar-refractivity contribution in [1.82, 2.24) is 14.5 Å². The molecule has 0 aliphatic heterocycles. The number of alkyl halides is 1. The van der Waals surface area contributed by atoms with Crippen LogP contribution in [0.1, 0.15) is 31.3 Å². The number of hydrogen-bond donors (Lipinski definition) is 0. The fraction of sp³-hybridized carbons (Fsp3) is 0.538. The highest BCUT2D eigenvalue weighted by molar-refractivity contribution is 6.16. The lowest BCUT2D eigenvalue weighted by Crippen LogP contribution is -2.15. The van der Waals surface area contributed by atoms with E-state index in [1.807, 2.05) is 26.1 Å². The predicted molar refractivity (Wildman–Crippen MR) is 73.0 cm³/mol. The van der Waals surface area contributed by atoms with Crippen molar-refractivity contribution in [2.45, 2.75) is 32.7 Å². The summed E-state index contributed by atoms with van der Waals surface area (Å²) in [5, 5.41) is 0. The molecule has 1 atom stereocenters. The van der Waals surface area contributed by atoms with Gasteiger partial charge in [-0.15, -0.1) is 11.6 Å². The van der Waals surface area contributed by atoms with Gasteiger partial charge in [0.1, 0.15) is 11.3 Å². The highest BCUT2D eigenvalue weighted by Gasteiger charge is 2.16. The Morgan fingerprint density at radius 2 is 2.28 bits per heavy atom. The molecule has 0 N–H and O–H groups in total. The van der Waals surface area contributed by atoms with Crippen molar-refractivity contribution in [2.24, 2.45) is 0 Å². The average molecular weight is 268 g/mol. The molecule has 2 rings (SSSR count). The number of pyridine rings is 1. The molecule has 4 nitrogen and oxygen atoms in total. The second-order valence-electron chi connectivity index (χ2n) is 4.40. The van der Waals surface area contributed by atoms with Crippen molar-refractivity contribution in [2.75, 3.05) is 13.2 Å². The number of ether oxygens (including phenoxy) is 1. The van der Waals surface area contributed by atoms with E-state index in [0.717, 1.165) is 22.6 Å². The fourth-order valence-electron chi connectivity index (χ4n) is 2.05. The van der Waals surface area contributed by atoms with Gasteiger partial charge in [0.25, 0.3) is 0 Å². The molecule has 0 aliphatic rings. The summed E-state index contributed by atoms with van der Waals surface area (Å²) >= 11 is 5.97. The Bertz CT molecular complexity index is 538. The molecule has 0 fully saturated rings. The van der Waals surface area contributed by atoms with Gasteiger partial charge in [0.2, 0.25) is 0 Å². The van der Waals surface area contributed by atoms with Gasteiger partial charge in [-0.3, -0.25) is 0 Å². The Kier molecular flexibility index (Phi) is 4.19. The zero-order valence-electron chi connectivity index (χ0n) is 11.0. The molecule has 5 heteroatoms. The molecule has 0 saturated carbocycles. The molecular weight excluding hydrogens is 250 g/mol. The van der Waals surface area contributed by atoms with Gasteiger partial charge in [0.15, 0.2) is 5.65 Å². The molecule has 0 saturated heterocycles. The first-order chi connectivity index (χ1) is 8.67. The maximum absolute atomic E-state index is 5.97. The summed E-state index contributed by atoms with van der Waals surface area (Å²) < 4.78 is 7.54. The molecule has 0 bridgehead atoms. The van der Waals surface area contributed by atoms with Crippen molar-refractivity contribution in [1.29, 1.82) is 0 Å². The standard InChI is InChI=1S/C13H18ClN3O/c1-4-18-8-10(3)17-12(6-14)16-11-5-9(2)7-15-13(11)17/h5,7,10H,4,6,8H2,1-3H3. The molecule has 0 amide bonds. The number of nitrogens with zero attached hydrogens (tertiary/aromatic N) is 3. The van der Waals surface area contributed by atoms with Gasteiger partial charge >= 0.3 is 0 Å². The molecule has 0 aromatic carbocycles. The van der Waals surface area contributed by atoms with Crippen molar-refractivity contribution < 1.29 is 4.74 Å². The van der Waals surface area contributed by atoms with Crippen LogP contribution in [0.25, 0.3) is 11.2 Å². The molecular formula is C13H18ClN3O. The highest BCUT2D eigenvalue weighted by atomic mass is 35.5. The Morgan fingerprint density at radius 1 is 1.50 bits per heavy atom. The summed E-state index contributed by atoms with van der Waals surface area (Å²) in [7, 11) is 0. The summed E-state index contributed by atoms with van der Waals surface area (Å²) in [6, 6.07) is 2.21. The minimum Gasteiger partial charge on any atom is -0.380 e.